The fourth-order valence-corrected chi connectivity index (χ4v) is 3.58. The minimum atomic E-state index is 0.505. The molecule has 0 amide bonds. The Labute approximate surface area is 125 Å². The number of methoxy groups -OCH3 is 1. The summed E-state index contributed by atoms with van der Waals surface area (Å²) >= 11 is 6.15. The normalized spacial score (nSPS) is 26.6. The zero-order valence-corrected chi connectivity index (χ0v) is 13.1. The lowest BCUT2D eigenvalue weighted by molar-refractivity contribution is -0.0835. The molecule has 2 aliphatic heterocycles. The van der Waals surface area contributed by atoms with E-state index < -0.39 is 0 Å². The van der Waals surface area contributed by atoms with Crippen LogP contribution in [-0.2, 0) is 6.54 Å². The van der Waals surface area contributed by atoms with E-state index in [1.165, 1.54) is 25.1 Å². The Bertz CT molecular complexity index is 482. The molecule has 2 unspecified atom stereocenters. The molecule has 3 rings (SSSR count). The number of rotatable bonds is 4. The average molecular weight is 296 g/mol. The van der Waals surface area contributed by atoms with Gasteiger partial charge in [-0.3, -0.25) is 9.80 Å². The maximum Gasteiger partial charge on any atom is 0.232 e. The molecule has 2 bridgehead atoms. The smallest absolute Gasteiger partial charge is 0.232 e. The van der Waals surface area contributed by atoms with Crippen LogP contribution in [0.2, 0.25) is 5.02 Å². The molecule has 2 aliphatic rings. The summed E-state index contributed by atoms with van der Waals surface area (Å²) in [6.07, 6.45) is 3.21. The van der Waals surface area contributed by atoms with Crippen molar-refractivity contribution in [2.45, 2.75) is 44.9 Å². The van der Waals surface area contributed by atoms with E-state index in [4.69, 9.17) is 16.3 Å². The lowest BCUT2D eigenvalue weighted by Crippen LogP contribution is -2.68. The Kier molecular flexibility index (Phi) is 3.89. The topological polar surface area (TPSA) is 28.6 Å². The monoisotopic (exact) mass is 295 g/mol. The third kappa shape index (κ3) is 2.52. The molecule has 20 heavy (non-hydrogen) atoms. The van der Waals surface area contributed by atoms with E-state index in [2.05, 4.69) is 28.6 Å². The maximum atomic E-state index is 6.15. The first-order valence-corrected chi connectivity index (χ1v) is 7.64. The Hall–Kier alpha value is -0.840. The van der Waals surface area contributed by atoms with Crippen molar-refractivity contribution >= 4 is 11.6 Å². The molecule has 110 valence electrons. The van der Waals surface area contributed by atoms with Gasteiger partial charge in [0.25, 0.3) is 0 Å². The number of nitrogens with zero attached hydrogens (tertiary/aromatic N) is 3. The largest absolute Gasteiger partial charge is 0.480 e. The van der Waals surface area contributed by atoms with E-state index in [-0.39, 0.29) is 0 Å². The maximum absolute atomic E-state index is 6.15. The summed E-state index contributed by atoms with van der Waals surface area (Å²) < 4.78 is 5.10. The first-order chi connectivity index (χ1) is 9.58. The highest BCUT2D eigenvalue weighted by Crippen LogP contribution is 2.35. The van der Waals surface area contributed by atoms with E-state index in [1.807, 2.05) is 12.3 Å². The van der Waals surface area contributed by atoms with Crippen molar-refractivity contribution < 1.29 is 4.74 Å². The second kappa shape index (κ2) is 5.51. The number of aromatic nitrogens is 1. The van der Waals surface area contributed by atoms with Crippen molar-refractivity contribution in [3.05, 3.63) is 22.8 Å². The van der Waals surface area contributed by atoms with E-state index in [9.17, 15) is 0 Å². The molecule has 5 heteroatoms. The molecule has 0 aliphatic carbocycles. The molecule has 4 nitrogen and oxygen atoms in total. The SMILES string of the molecule is COc1ncc(CN2C3CC2CN(C(C)C)C3)cc1Cl. The standard InChI is InChI=1S/C15H22ClN3O/c1-10(2)18-8-12-5-13(9-18)19(12)7-11-4-14(16)15(20-3)17-6-11/h4,6,10,12-13H,5,7-9H2,1-3H3. The fourth-order valence-electron chi connectivity index (χ4n) is 3.31. The highest BCUT2D eigenvalue weighted by Gasteiger charge is 2.44. The van der Waals surface area contributed by atoms with Gasteiger partial charge in [0.15, 0.2) is 0 Å². The minimum absolute atomic E-state index is 0.505. The predicted octanol–water partition coefficient (Wildman–Crippen LogP) is 2.41. The summed E-state index contributed by atoms with van der Waals surface area (Å²) in [6.45, 7) is 7.87. The molecule has 0 radical (unpaired) electrons. The molecule has 3 heterocycles. The second-order valence-electron chi connectivity index (χ2n) is 6.10. The molecule has 1 aromatic rings. The van der Waals surface area contributed by atoms with Gasteiger partial charge in [-0.15, -0.1) is 0 Å². The van der Waals surface area contributed by atoms with Crippen LogP contribution >= 0.6 is 11.6 Å². The van der Waals surface area contributed by atoms with Crippen LogP contribution in [0.4, 0.5) is 0 Å². The van der Waals surface area contributed by atoms with Crippen LogP contribution in [0.1, 0.15) is 25.8 Å². The Morgan fingerprint density at radius 2 is 2.10 bits per heavy atom. The van der Waals surface area contributed by atoms with Gasteiger partial charge in [0, 0.05) is 44.0 Å². The third-order valence-electron chi connectivity index (χ3n) is 4.53. The summed E-state index contributed by atoms with van der Waals surface area (Å²) in [5.41, 5.74) is 1.17. The quantitative estimate of drug-likeness (QED) is 0.853. The van der Waals surface area contributed by atoms with E-state index in [0.29, 0.717) is 29.0 Å². The number of piperidine rings is 1. The van der Waals surface area contributed by atoms with Crippen molar-refractivity contribution in [1.29, 1.82) is 0 Å². The first-order valence-electron chi connectivity index (χ1n) is 7.26. The van der Waals surface area contributed by atoms with Gasteiger partial charge in [-0.05, 0) is 31.9 Å². The Morgan fingerprint density at radius 1 is 1.40 bits per heavy atom. The number of piperazine rings is 1. The summed E-state index contributed by atoms with van der Waals surface area (Å²) in [7, 11) is 1.59. The van der Waals surface area contributed by atoms with Crippen molar-refractivity contribution in [1.82, 2.24) is 14.8 Å². The number of pyridine rings is 1. The van der Waals surface area contributed by atoms with Gasteiger partial charge in [0.1, 0.15) is 5.02 Å². The number of ether oxygens (including phenoxy) is 1. The third-order valence-corrected chi connectivity index (χ3v) is 4.80. The van der Waals surface area contributed by atoms with Crippen molar-refractivity contribution in [2.24, 2.45) is 0 Å². The lowest BCUT2D eigenvalue weighted by Gasteiger charge is -2.57. The van der Waals surface area contributed by atoms with Crippen LogP contribution in [0.3, 0.4) is 0 Å². The summed E-state index contributed by atoms with van der Waals surface area (Å²) in [5.74, 6) is 0.505. The van der Waals surface area contributed by atoms with Crippen LogP contribution in [0.25, 0.3) is 0 Å². The highest BCUT2D eigenvalue weighted by atomic mass is 35.5. The van der Waals surface area contributed by atoms with Gasteiger partial charge in [0.05, 0.1) is 7.11 Å². The fraction of sp³-hybridized carbons (Fsp3) is 0.667. The molecular formula is C15H22ClN3O. The highest BCUT2D eigenvalue weighted by molar-refractivity contribution is 6.31. The summed E-state index contributed by atoms with van der Waals surface area (Å²) in [4.78, 5) is 9.41. The van der Waals surface area contributed by atoms with E-state index in [0.717, 1.165) is 6.54 Å². The van der Waals surface area contributed by atoms with Gasteiger partial charge in [-0.1, -0.05) is 11.6 Å². The average Bonchev–Trinajstić information content (AvgIpc) is 2.45. The van der Waals surface area contributed by atoms with Crippen LogP contribution in [-0.4, -0.2) is 53.1 Å². The number of hydrogen-bond acceptors (Lipinski definition) is 4. The molecule has 2 atom stereocenters. The van der Waals surface area contributed by atoms with Gasteiger partial charge in [0.2, 0.25) is 5.88 Å². The molecule has 2 fully saturated rings. The predicted molar refractivity (Wildman–Crippen MR) is 80.2 cm³/mol. The van der Waals surface area contributed by atoms with Crippen LogP contribution in [0, 0.1) is 0 Å². The molecule has 0 N–H and O–H groups in total. The Morgan fingerprint density at radius 3 is 2.65 bits per heavy atom. The number of likely N-dealkylation sites (tertiary alicyclic amines) is 2. The van der Waals surface area contributed by atoms with E-state index >= 15 is 0 Å². The van der Waals surface area contributed by atoms with Crippen LogP contribution < -0.4 is 4.74 Å². The molecule has 0 saturated carbocycles. The zero-order valence-electron chi connectivity index (χ0n) is 12.3. The minimum Gasteiger partial charge on any atom is -0.480 e. The first kappa shape index (κ1) is 14.1. The molecule has 0 aromatic carbocycles. The van der Waals surface area contributed by atoms with Gasteiger partial charge in [-0.2, -0.15) is 0 Å². The van der Waals surface area contributed by atoms with Crippen molar-refractivity contribution in [3.8, 4) is 5.88 Å². The molecule has 2 saturated heterocycles. The number of halogens is 1. The molecule has 1 aromatic heterocycles. The van der Waals surface area contributed by atoms with Crippen molar-refractivity contribution in [3.63, 3.8) is 0 Å². The molecular weight excluding hydrogens is 274 g/mol. The number of hydrogen-bond donors (Lipinski definition) is 0. The van der Waals surface area contributed by atoms with Crippen LogP contribution in [0.15, 0.2) is 12.3 Å². The number of fused-ring (bicyclic) bond motifs is 2. The van der Waals surface area contributed by atoms with Gasteiger partial charge >= 0.3 is 0 Å². The van der Waals surface area contributed by atoms with Crippen LogP contribution in [0.5, 0.6) is 5.88 Å². The Balaban J connectivity index is 1.64. The summed E-state index contributed by atoms with van der Waals surface area (Å²) in [5, 5.41) is 0.597. The molecule has 0 spiro atoms. The second-order valence-corrected chi connectivity index (χ2v) is 6.51. The van der Waals surface area contributed by atoms with Gasteiger partial charge < -0.3 is 4.74 Å². The van der Waals surface area contributed by atoms with E-state index in [1.54, 1.807) is 7.11 Å². The lowest BCUT2D eigenvalue weighted by atomic mass is 9.86. The summed E-state index contributed by atoms with van der Waals surface area (Å²) in [6, 6.07) is 4.01. The zero-order chi connectivity index (χ0) is 14.3. The van der Waals surface area contributed by atoms with Crippen molar-refractivity contribution in [2.75, 3.05) is 20.2 Å². The van der Waals surface area contributed by atoms with Gasteiger partial charge in [-0.25, -0.2) is 4.98 Å².